The van der Waals surface area contributed by atoms with Crippen LogP contribution in [0.1, 0.15) is 44.9 Å². The molecule has 0 radical (unpaired) electrons. The third-order valence-corrected chi connectivity index (χ3v) is 5.08. The summed E-state index contributed by atoms with van der Waals surface area (Å²) in [4.78, 5) is 13.8. The van der Waals surface area contributed by atoms with Gasteiger partial charge in [-0.25, -0.2) is 0 Å². The molecule has 0 aliphatic heterocycles. The fourth-order valence-corrected chi connectivity index (χ4v) is 3.44. The number of hydrogen-bond acceptors (Lipinski definition) is 2. The topological polar surface area (TPSA) is 29.1 Å². The summed E-state index contributed by atoms with van der Waals surface area (Å²) in [5, 5.41) is 5.22. The highest BCUT2D eigenvalue weighted by Crippen LogP contribution is 2.27. The minimum absolute atomic E-state index is 0.0482. The number of aryl methyl sites for hydroxylation is 2. The molecule has 1 atom stereocenters. The Labute approximate surface area is 147 Å². The number of carbonyl (C=O) groups excluding carboxylic acids is 1. The van der Waals surface area contributed by atoms with Gasteiger partial charge in [0.15, 0.2) is 0 Å². The summed E-state index contributed by atoms with van der Waals surface area (Å²) < 4.78 is 0. The predicted octanol–water partition coefficient (Wildman–Crippen LogP) is 5.14. The maximum absolute atomic E-state index is 12.7. The standard InChI is InChI=1S/C21H21NOS/c1-3-16-8-12-17(13-9-16)20(19-5-4-14-24-19)22-21(23)18-10-6-15(2)7-11-18/h4-14,20H,3H2,1-2H3,(H,22,23)/t20-/m1/s1. The van der Waals surface area contributed by atoms with Crippen molar-refractivity contribution in [2.24, 2.45) is 0 Å². The summed E-state index contributed by atoms with van der Waals surface area (Å²) in [6, 6.07) is 20.1. The molecule has 3 rings (SSSR count). The third kappa shape index (κ3) is 3.74. The molecule has 0 unspecified atom stereocenters. The fourth-order valence-electron chi connectivity index (χ4n) is 2.64. The average molecular weight is 335 g/mol. The lowest BCUT2D eigenvalue weighted by Gasteiger charge is -2.18. The zero-order chi connectivity index (χ0) is 16.9. The van der Waals surface area contributed by atoms with Crippen LogP contribution in [0.25, 0.3) is 0 Å². The van der Waals surface area contributed by atoms with Crippen LogP contribution >= 0.6 is 11.3 Å². The summed E-state index contributed by atoms with van der Waals surface area (Å²) in [5.41, 5.74) is 4.24. The van der Waals surface area contributed by atoms with Crippen LogP contribution in [0.3, 0.4) is 0 Å². The van der Waals surface area contributed by atoms with Gasteiger partial charge in [-0.05, 0) is 48.1 Å². The molecule has 122 valence electrons. The van der Waals surface area contributed by atoms with Crippen LogP contribution in [0.5, 0.6) is 0 Å². The van der Waals surface area contributed by atoms with Crippen molar-refractivity contribution in [1.82, 2.24) is 5.32 Å². The summed E-state index contributed by atoms with van der Waals surface area (Å²) in [7, 11) is 0. The lowest BCUT2D eigenvalue weighted by atomic mass is 10.0. The lowest BCUT2D eigenvalue weighted by molar-refractivity contribution is 0.0943. The molecular weight excluding hydrogens is 314 g/mol. The van der Waals surface area contributed by atoms with E-state index in [-0.39, 0.29) is 11.9 Å². The molecule has 0 fully saturated rings. The second-order valence-electron chi connectivity index (χ2n) is 5.88. The Morgan fingerprint density at radius 1 is 1.04 bits per heavy atom. The van der Waals surface area contributed by atoms with E-state index in [1.165, 1.54) is 5.56 Å². The molecule has 0 aliphatic rings. The van der Waals surface area contributed by atoms with Crippen LogP contribution in [0.15, 0.2) is 66.0 Å². The first-order chi connectivity index (χ1) is 11.7. The highest BCUT2D eigenvalue weighted by molar-refractivity contribution is 7.10. The Bertz CT molecular complexity index is 789. The highest BCUT2D eigenvalue weighted by Gasteiger charge is 2.18. The van der Waals surface area contributed by atoms with Crippen molar-refractivity contribution in [3.8, 4) is 0 Å². The van der Waals surface area contributed by atoms with Gasteiger partial charge in [-0.1, -0.05) is 55.0 Å². The number of nitrogens with one attached hydrogen (secondary N) is 1. The van der Waals surface area contributed by atoms with E-state index in [0.717, 1.165) is 22.4 Å². The van der Waals surface area contributed by atoms with Crippen molar-refractivity contribution >= 4 is 17.2 Å². The van der Waals surface area contributed by atoms with Gasteiger partial charge in [-0.15, -0.1) is 11.3 Å². The van der Waals surface area contributed by atoms with Crippen LogP contribution in [0.2, 0.25) is 0 Å². The second kappa shape index (κ2) is 7.45. The molecule has 2 nitrogen and oxygen atoms in total. The first-order valence-electron chi connectivity index (χ1n) is 8.17. The van der Waals surface area contributed by atoms with Crippen molar-refractivity contribution in [2.75, 3.05) is 0 Å². The Morgan fingerprint density at radius 3 is 2.33 bits per heavy atom. The quantitative estimate of drug-likeness (QED) is 0.687. The van der Waals surface area contributed by atoms with Crippen LogP contribution in [-0.2, 0) is 6.42 Å². The van der Waals surface area contributed by atoms with E-state index in [9.17, 15) is 4.79 Å². The molecular formula is C21H21NOS. The number of rotatable bonds is 5. The van der Waals surface area contributed by atoms with Crippen molar-refractivity contribution < 1.29 is 4.79 Å². The molecule has 1 aromatic heterocycles. The minimum atomic E-state index is -0.121. The smallest absolute Gasteiger partial charge is 0.252 e. The van der Waals surface area contributed by atoms with Gasteiger partial charge in [0, 0.05) is 10.4 Å². The second-order valence-corrected chi connectivity index (χ2v) is 6.86. The maximum Gasteiger partial charge on any atom is 0.252 e. The normalized spacial score (nSPS) is 11.9. The van der Waals surface area contributed by atoms with Gasteiger partial charge in [0.25, 0.3) is 5.91 Å². The fraction of sp³-hybridized carbons (Fsp3) is 0.190. The van der Waals surface area contributed by atoms with Crippen molar-refractivity contribution in [3.05, 3.63) is 93.2 Å². The van der Waals surface area contributed by atoms with E-state index < -0.39 is 0 Å². The van der Waals surface area contributed by atoms with Crippen LogP contribution in [0.4, 0.5) is 0 Å². The van der Waals surface area contributed by atoms with Crippen molar-refractivity contribution in [1.29, 1.82) is 0 Å². The van der Waals surface area contributed by atoms with E-state index >= 15 is 0 Å². The Hall–Kier alpha value is -2.39. The molecule has 0 bridgehead atoms. The predicted molar refractivity (Wildman–Crippen MR) is 101 cm³/mol. The zero-order valence-electron chi connectivity index (χ0n) is 14.0. The van der Waals surface area contributed by atoms with Crippen LogP contribution in [-0.4, -0.2) is 5.91 Å². The molecule has 1 amide bonds. The molecule has 24 heavy (non-hydrogen) atoms. The number of amides is 1. The summed E-state index contributed by atoms with van der Waals surface area (Å²) in [5.74, 6) is -0.0482. The molecule has 1 heterocycles. The third-order valence-electron chi connectivity index (χ3n) is 4.14. The van der Waals surface area contributed by atoms with Crippen LogP contribution < -0.4 is 5.32 Å². The monoisotopic (exact) mass is 335 g/mol. The number of hydrogen-bond donors (Lipinski definition) is 1. The summed E-state index contributed by atoms with van der Waals surface area (Å²) in [6.45, 7) is 4.16. The Kier molecular flexibility index (Phi) is 5.11. The largest absolute Gasteiger partial charge is 0.340 e. The number of benzene rings is 2. The van der Waals surface area contributed by atoms with E-state index in [0.29, 0.717) is 5.56 Å². The Balaban J connectivity index is 1.87. The molecule has 1 N–H and O–H groups in total. The molecule has 0 saturated heterocycles. The van der Waals surface area contributed by atoms with Crippen LogP contribution in [0, 0.1) is 6.92 Å². The van der Waals surface area contributed by atoms with E-state index in [1.807, 2.05) is 42.6 Å². The molecule has 0 spiro atoms. The molecule has 0 aliphatic carbocycles. The van der Waals surface area contributed by atoms with Gasteiger partial charge in [0.2, 0.25) is 0 Å². The number of carbonyl (C=O) groups is 1. The van der Waals surface area contributed by atoms with Gasteiger partial charge < -0.3 is 5.32 Å². The minimum Gasteiger partial charge on any atom is -0.340 e. The summed E-state index contributed by atoms with van der Waals surface area (Å²) >= 11 is 1.66. The Morgan fingerprint density at radius 2 is 1.75 bits per heavy atom. The zero-order valence-corrected chi connectivity index (χ0v) is 14.8. The van der Waals surface area contributed by atoms with Crippen molar-refractivity contribution in [3.63, 3.8) is 0 Å². The molecule has 3 aromatic rings. The highest BCUT2D eigenvalue weighted by atomic mass is 32.1. The van der Waals surface area contributed by atoms with Crippen molar-refractivity contribution in [2.45, 2.75) is 26.3 Å². The van der Waals surface area contributed by atoms with E-state index in [1.54, 1.807) is 11.3 Å². The maximum atomic E-state index is 12.7. The first-order valence-corrected chi connectivity index (χ1v) is 9.05. The van der Waals surface area contributed by atoms with Gasteiger partial charge in [-0.3, -0.25) is 4.79 Å². The van der Waals surface area contributed by atoms with Gasteiger partial charge in [0.1, 0.15) is 0 Å². The summed E-state index contributed by atoms with van der Waals surface area (Å²) in [6.07, 6.45) is 1.01. The van der Waals surface area contributed by atoms with E-state index in [2.05, 4.69) is 42.6 Å². The van der Waals surface area contributed by atoms with E-state index in [4.69, 9.17) is 0 Å². The lowest BCUT2D eigenvalue weighted by Crippen LogP contribution is -2.28. The molecule has 3 heteroatoms. The molecule has 2 aromatic carbocycles. The van der Waals surface area contributed by atoms with Gasteiger partial charge >= 0.3 is 0 Å². The number of thiophene rings is 1. The average Bonchev–Trinajstić information content (AvgIpc) is 3.14. The first kappa shape index (κ1) is 16.5. The van der Waals surface area contributed by atoms with Gasteiger partial charge in [0.05, 0.1) is 6.04 Å². The van der Waals surface area contributed by atoms with Gasteiger partial charge in [-0.2, -0.15) is 0 Å². The molecule has 0 saturated carbocycles. The SMILES string of the molecule is CCc1ccc([C@@H](NC(=O)c2ccc(C)cc2)c2cccs2)cc1.